The van der Waals surface area contributed by atoms with Crippen molar-refractivity contribution < 1.29 is 24.3 Å². The maximum Gasteiger partial charge on any atom is 0.352 e. The molecule has 26 heavy (non-hydrogen) atoms. The first-order valence-corrected chi connectivity index (χ1v) is 9.22. The van der Waals surface area contributed by atoms with Crippen molar-refractivity contribution in [2.75, 3.05) is 12.8 Å². The Hall–Kier alpha value is -2.60. The van der Waals surface area contributed by atoms with Gasteiger partial charge >= 0.3 is 5.97 Å². The molecule has 2 aliphatic rings. The van der Waals surface area contributed by atoms with Crippen LogP contribution >= 0.6 is 23.1 Å². The molecule has 1 saturated heterocycles. The third kappa shape index (κ3) is 3.12. The van der Waals surface area contributed by atoms with Gasteiger partial charge < -0.3 is 21.0 Å². The van der Waals surface area contributed by atoms with Crippen molar-refractivity contribution >= 4 is 51.7 Å². The molecule has 1 aromatic heterocycles. The van der Waals surface area contributed by atoms with Gasteiger partial charge in [0.15, 0.2) is 10.8 Å². The second kappa shape index (κ2) is 6.96. The first-order valence-electron chi connectivity index (χ1n) is 7.40. The number of aliphatic carboxylic acids is 1. The lowest BCUT2D eigenvalue weighted by atomic mass is 10.0. The predicted molar refractivity (Wildman–Crippen MR) is 95.4 cm³/mol. The number of hydrogen-bond donors (Lipinski definition) is 3. The number of carboxylic acid groups (broad SMARTS) is 1. The molecule has 0 aliphatic carbocycles. The summed E-state index contributed by atoms with van der Waals surface area (Å²) in [7, 11) is 1.28. The van der Waals surface area contributed by atoms with E-state index in [1.54, 1.807) is 5.38 Å². The van der Waals surface area contributed by atoms with Crippen molar-refractivity contribution in [2.45, 2.75) is 23.6 Å². The summed E-state index contributed by atoms with van der Waals surface area (Å²) in [5.74, 6) is -2.33. The minimum absolute atomic E-state index is 0.0743. The molecule has 0 saturated carbocycles. The van der Waals surface area contributed by atoms with Gasteiger partial charge in [-0.15, -0.1) is 23.1 Å². The van der Waals surface area contributed by atoms with E-state index in [2.05, 4.69) is 20.3 Å². The van der Waals surface area contributed by atoms with Crippen LogP contribution in [0, 0.1) is 0 Å². The van der Waals surface area contributed by atoms with E-state index < -0.39 is 29.2 Å². The zero-order valence-electron chi connectivity index (χ0n) is 13.7. The van der Waals surface area contributed by atoms with Crippen LogP contribution in [0.15, 0.2) is 22.3 Å². The van der Waals surface area contributed by atoms with Gasteiger partial charge in [-0.2, -0.15) is 0 Å². The number of aromatic nitrogens is 1. The molecule has 0 spiro atoms. The predicted octanol–water partition coefficient (Wildman–Crippen LogP) is -0.167. The fourth-order valence-corrected chi connectivity index (χ4v) is 4.51. The Morgan fingerprint density at radius 1 is 1.50 bits per heavy atom. The Bertz CT molecular complexity index is 835. The van der Waals surface area contributed by atoms with Crippen LogP contribution in [-0.2, 0) is 19.2 Å². The number of nitrogens with two attached hydrogens (primary N) is 1. The van der Waals surface area contributed by atoms with Gasteiger partial charge in [-0.25, -0.2) is 9.78 Å². The molecule has 2 amide bonds. The lowest BCUT2D eigenvalue weighted by Crippen LogP contribution is -2.71. The monoisotopic (exact) mass is 397 g/mol. The number of rotatable bonds is 5. The summed E-state index contributed by atoms with van der Waals surface area (Å²) in [6.45, 7) is 1.82. The van der Waals surface area contributed by atoms with Crippen molar-refractivity contribution in [1.29, 1.82) is 0 Å². The molecule has 138 valence electrons. The number of nitrogens with zero attached hydrogens (tertiary/aromatic N) is 3. The van der Waals surface area contributed by atoms with Crippen molar-refractivity contribution in [3.63, 3.8) is 0 Å². The van der Waals surface area contributed by atoms with E-state index in [0.717, 1.165) is 11.3 Å². The third-order valence-corrected chi connectivity index (χ3v) is 5.72. The number of carboxylic acids is 1. The number of carbonyl (C=O) groups is 3. The maximum absolute atomic E-state index is 12.6. The molecule has 0 bridgehead atoms. The van der Waals surface area contributed by atoms with E-state index in [-0.39, 0.29) is 27.5 Å². The Labute approximate surface area is 156 Å². The molecular weight excluding hydrogens is 382 g/mol. The second-order valence-electron chi connectivity index (χ2n) is 5.44. The number of hydrogen-bond acceptors (Lipinski definition) is 9. The van der Waals surface area contributed by atoms with Crippen LogP contribution in [0.4, 0.5) is 5.13 Å². The quantitative estimate of drug-likeness (QED) is 0.352. The normalized spacial score (nSPS) is 25.1. The first-order chi connectivity index (χ1) is 12.3. The summed E-state index contributed by atoms with van der Waals surface area (Å²) < 4.78 is 0. The van der Waals surface area contributed by atoms with Gasteiger partial charge in [0, 0.05) is 10.6 Å². The van der Waals surface area contributed by atoms with Gasteiger partial charge in [-0.3, -0.25) is 14.5 Å². The highest BCUT2D eigenvalue weighted by Crippen LogP contribution is 2.40. The lowest BCUT2D eigenvalue weighted by molar-refractivity contribution is -0.150. The smallest absolute Gasteiger partial charge is 0.352 e. The van der Waals surface area contributed by atoms with Crippen molar-refractivity contribution in [3.8, 4) is 0 Å². The summed E-state index contributed by atoms with van der Waals surface area (Å²) in [4.78, 5) is 46.1. The van der Waals surface area contributed by atoms with Gasteiger partial charge in [0.1, 0.15) is 29.9 Å². The summed E-state index contributed by atoms with van der Waals surface area (Å²) in [5.41, 5.74) is 5.61. The topological polar surface area (TPSA) is 147 Å². The largest absolute Gasteiger partial charge is 0.477 e. The molecule has 3 heterocycles. The minimum atomic E-state index is -1.18. The molecule has 4 N–H and O–H groups in total. The molecular formula is C14H15N5O5S2. The molecule has 3 rings (SSSR count). The van der Waals surface area contributed by atoms with Gasteiger partial charge in [0.05, 0.1) is 0 Å². The van der Waals surface area contributed by atoms with Gasteiger partial charge in [0.2, 0.25) is 0 Å². The van der Waals surface area contributed by atoms with Crippen molar-refractivity contribution in [1.82, 2.24) is 15.2 Å². The molecule has 2 unspecified atom stereocenters. The number of β-lactam (4-membered cyclic amide) rings is 1. The number of carbonyl (C=O) groups excluding carboxylic acids is 2. The molecule has 3 atom stereocenters. The van der Waals surface area contributed by atoms with Gasteiger partial charge in [0.25, 0.3) is 11.8 Å². The van der Waals surface area contributed by atoms with E-state index in [1.165, 1.54) is 29.8 Å². The Kier molecular flexibility index (Phi) is 4.87. The van der Waals surface area contributed by atoms with Crippen molar-refractivity contribution in [2.24, 2.45) is 5.16 Å². The van der Waals surface area contributed by atoms with E-state index in [1.807, 2.05) is 6.92 Å². The Morgan fingerprint density at radius 2 is 2.23 bits per heavy atom. The number of amides is 2. The third-order valence-electron chi connectivity index (χ3n) is 3.72. The van der Waals surface area contributed by atoms with E-state index >= 15 is 0 Å². The van der Waals surface area contributed by atoms with Crippen LogP contribution in [0.1, 0.15) is 12.6 Å². The highest BCUT2D eigenvalue weighted by Gasteiger charge is 2.54. The summed E-state index contributed by atoms with van der Waals surface area (Å²) in [6, 6.07) is -0.865. The summed E-state index contributed by atoms with van der Waals surface area (Å²) in [6.07, 6.45) is 1.51. The Morgan fingerprint density at radius 3 is 2.81 bits per heavy atom. The van der Waals surface area contributed by atoms with E-state index in [0.29, 0.717) is 0 Å². The minimum Gasteiger partial charge on any atom is -0.477 e. The zero-order valence-corrected chi connectivity index (χ0v) is 15.3. The van der Waals surface area contributed by atoms with Crippen LogP contribution in [0.25, 0.3) is 0 Å². The number of thiazole rings is 1. The number of thioether (sulfide) groups is 1. The molecule has 0 aromatic carbocycles. The molecule has 12 heteroatoms. The van der Waals surface area contributed by atoms with Gasteiger partial charge in [-0.1, -0.05) is 5.16 Å². The van der Waals surface area contributed by atoms with Crippen molar-refractivity contribution in [3.05, 3.63) is 22.8 Å². The lowest BCUT2D eigenvalue weighted by Gasteiger charge is -2.49. The number of anilines is 1. The second-order valence-corrected chi connectivity index (χ2v) is 7.83. The average molecular weight is 397 g/mol. The van der Waals surface area contributed by atoms with Crippen LogP contribution in [-0.4, -0.2) is 62.3 Å². The average Bonchev–Trinajstić information content (AvgIpc) is 3.02. The van der Waals surface area contributed by atoms with Crippen LogP contribution in [0.3, 0.4) is 0 Å². The number of nitrogen functional groups attached to an aromatic ring is 1. The molecule has 2 aliphatic heterocycles. The van der Waals surface area contributed by atoms with Crippen LogP contribution in [0.5, 0.6) is 0 Å². The molecule has 1 aromatic rings. The molecule has 1 fully saturated rings. The summed E-state index contributed by atoms with van der Waals surface area (Å²) >= 11 is 2.52. The standard InChI is InChI=1S/C14H15N5O5S2/c1-5-3-7(13(22)23)19-11(21)9(12(19)26-5)17-10(20)8(18-24-2)6-4-25-14(15)16-6/h3-5,9,12H,1-2H3,(H2,15,16)(H,17,20)(H,22,23)/t5?,9?,12-/m1/s1. The van der Waals surface area contributed by atoms with Crippen LogP contribution < -0.4 is 11.1 Å². The molecule has 10 nitrogen and oxygen atoms in total. The number of fused-ring (bicyclic) bond motifs is 1. The fourth-order valence-electron chi connectivity index (χ4n) is 2.63. The number of nitrogens with one attached hydrogen (secondary N) is 1. The number of oxime groups is 1. The SMILES string of the molecule is CON=C(C(=O)NC1C(=O)N2C(C(=O)O)=CC(C)S[C@H]12)c1csc(N)n1. The first kappa shape index (κ1) is 18.2. The fraction of sp³-hybridized carbons (Fsp3) is 0.357. The highest BCUT2D eigenvalue weighted by atomic mass is 32.2. The van der Waals surface area contributed by atoms with E-state index in [4.69, 9.17) is 5.73 Å². The zero-order chi connectivity index (χ0) is 19.0. The Balaban J connectivity index is 1.78. The summed E-state index contributed by atoms with van der Waals surface area (Å²) in [5, 5.41) is 16.7. The molecule has 0 radical (unpaired) electrons. The van der Waals surface area contributed by atoms with E-state index in [9.17, 15) is 19.5 Å². The van der Waals surface area contributed by atoms with Crippen LogP contribution in [0.2, 0.25) is 0 Å². The maximum atomic E-state index is 12.6. The highest BCUT2D eigenvalue weighted by molar-refractivity contribution is 8.00. The van der Waals surface area contributed by atoms with Gasteiger partial charge in [-0.05, 0) is 13.0 Å².